The molecule has 3 amide bonds. The lowest BCUT2D eigenvalue weighted by Crippen LogP contribution is -2.49. The lowest BCUT2D eigenvalue weighted by Gasteiger charge is -2.28. The zero-order chi connectivity index (χ0) is 24.4. The molecule has 5 rings (SSSR count). The van der Waals surface area contributed by atoms with Gasteiger partial charge in [0.15, 0.2) is 0 Å². The molecule has 1 saturated heterocycles. The quantitative estimate of drug-likeness (QED) is 0.517. The first-order valence-electron chi connectivity index (χ1n) is 12.4. The summed E-state index contributed by atoms with van der Waals surface area (Å²) >= 11 is 0. The molecule has 0 unspecified atom stereocenters. The third-order valence-corrected chi connectivity index (χ3v) is 7.74. The summed E-state index contributed by atoms with van der Waals surface area (Å²) in [6.45, 7) is 7.90. The second-order valence-corrected chi connectivity index (χ2v) is 9.95. The fourth-order valence-corrected chi connectivity index (χ4v) is 5.85. The van der Waals surface area contributed by atoms with Gasteiger partial charge in [-0.2, -0.15) is 0 Å². The molecule has 0 bridgehead atoms. The number of nitrogens with one attached hydrogen (secondary N) is 2. The van der Waals surface area contributed by atoms with E-state index >= 15 is 0 Å². The van der Waals surface area contributed by atoms with Gasteiger partial charge in [-0.1, -0.05) is 67.8 Å². The molecule has 7 heteroatoms. The van der Waals surface area contributed by atoms with Gasteiger partial charge in [0.1, 0.15) is 11.3 Å². The molecule has 2 N–H and O–H groups in total. The third-order valence-electron chi connectivity index (χ3n) is 7.74. The van der Waals surface area contributed by atoms with Gasteiger partial charge in [-0.15, -0.1) is 0 Å². The Labute approximate surface area is 205 Å². The summed E-state index contributed by atoms with van der Waals surface area (Å²) in [7, 11) is 0. The summed E-state index contributed by atoms with van der Waals surface area (Å²) in [6.07, 6.45) is 4.86. The molecular weight excluding hydrogens is 440 g/mol. The van der Waals surface area contributed by atoms with E-state index in [9.17, 15) is 14.4 Å². The first-order chi connectivity index (χ1) is 17.0. The van der Waals surface area contributed by atoms with Crippen molar-refractivity contribution in [1.29, 1.82) is 0 Å². The van der Waals surface area contributed by atoms with Gasteiger partial charge in [-0.3, -0.25) is 24.1 Å². The SMILES string of the molecule is [C-]#[N+][C@@H]1C[C@@]2(CN1C(=O)[C@H](Cc1ccccc1)C(=O)NC1CCCCC1)C(=O)Nc1ccccc12. The number of carbonyl (C=O) groups excluding carboxylic acids is 3. The van der Waals surface area contributed by atoms with Crippen molar-refractivity contribution in [3.63, 3.8) is 0 Å². The van der Waals surface area contributed by atoms with E-state index in [4.69, 9.17) is 6.57 Å². The zero-order valence-electron chi connectivity index (χ0n) is 19.7. The van der Waals surface area contributed by atoms with Crippen LogP contribution in [-0.2, 0) is 26.2 Å². The van der Waals surface area contributed by atoms with Crippen LogP contribution in [-0.4, -0.2) is 41.4 Å². The molecule has 1 saturated carbocycles. The molecule has 0 radical (unpaired) electrons. The van der Waals surface area contributed by atoms with Gasteiger partial charge < -0.3 is 10.6 Å². The molecule has 0 aromatic heterocycles. The van der Waals surface area contributed by atoms with Crippen molar-refractivity contribution in [1.82, 2.24) is 10.2 Å². The minimum absolute atomic E-state index is 0.0800. The van der Waals surface area contributed by atoms with Gasteiger partial charge in [-0.25, -0.2) is 6.57 Å². The fourth-order valence-electron chi connectivity index (χ4n) is 5.85. The minimum Gasteiger partial charge on any atom is -0.353 e. The van der Waals surface area contributed by atoms with Gasteiger partial charge in [0.05, 0.1) is 6.42 Å². The second-order valence-electron chi connectivity index (χ2n) is 9.95. The third kappa shape index (κ3) is 4.29. The van der Waals surface area contributed by atoms with Crippen LogP contribution in [0.1, 0.15) is 49.7 Å². The Kier molecular flexibility index (Phi) is 6.29. The molecule has 2 aromatic rings. The average Bonchev–Trinajstić information content (AvgIpc) is 3.41. The maximum atomic E-state index is 14.0. The van der Waals surface area contributed by atoms with Crippen molar-refractivity contribution in [3.8, 4) is 0 Å². The summed E-state index contributed by atoms with van der Waals surface area (Å²) in [6, 6.07) is 17.0. The Morgan fingerprint density at radius 2 is 1.80 bits per heavy atom. The topological polar surface area (TPSA) is 82.9 Å². The Balaban J connectivity index is 1.43. The Morgan fingerprint density at radius 3 is 2.54 bits per heavy atom. The van der Waals surface area contributed by atoms with Crippen molar-refractivity contribution in [2.45, 2.75) is 62.6 Å². The lowest BCUT2D eigenvalue weighted by molar-refractivity contribution is -0.142. The highest BCUT2D eigenvalue weighted by Gasteiger charge is 2.59. The summed E-state index contributed by atoms with van der Waals surface area (Å²) in [4.78, 5) is 45.7. The highest BCUT2D eigenvalue weighted by atomic mass is 16.2. The lowest BCUT2D eigenvalue weighted by atomic mass is 9.80. The smallest absolute Gasteiger partial charge is 0.302 e. The van der Waals surface area contributed by atoms with Crippen molar-refractivity contribution in [2.24, 2.45) is 5.92 Å². The Bertz CT molecular complexity index is 1170. The average molecular weight is 471 g/mol. The van der Waals surface area contributed by atoms with E-state index in [1.807, 2.05) is 54.6 Å². The number of fused-ring (bicyclic) bond motifs is 2. The molecular formula is C28H30N4O3. The van der Waals surface area contributed by atoms with Crippen LogP contribution in [0, 0.1) is 12.5 Å². The van der Waals surface area contributed by atoms with Crippen LogP contribution >= 0.6 is 0 Å². The van der Waals surface area contributed by atoms with Crippen molar-refractivity contribution < 1.29 is 14.4 Å². The number of benzene rings is 2. The van der Waals surface area contributed by atoms with Gasteiger partial charge in [0, 0.05) is 18.3 Å². The van der Waals surface area contributed by atoms with Gasteiger partial charge >= 0.3 is 6.17 Å². The predicted molar refractivity (Wildman–Crippen MR) is 132 cm³/mol. The molecule has 3 aliphatic rings. The molecule has 2 aliphatic heterocycles. The minimum atomic E-state index is -0.960. The molecule has 2 aromatic carbocycles. The van der Waals surface area contributed by atoms with Crippen LogP contribution in [0.2, 0.25) is 0 Å². The van der Waals surface area contributed by atoms with Gasteiger partial charge in [0.25, 0.3) is 0 Å². The zero-order valence-corrected chi connectivity index (χ0v) is 19.7. The van der Waals surface area contributed by atoms with Crippen LogP contribution in [0.25, 0.3) is 4.85 Å². The maximum Gasteiger partial charge on any atom is 0.302 e. The van der Waals surface area contributed by atoms with E-state index in [0.717, 1.165) is 42.5 Å². The normalized spacial score (nSPS) is 24.5. The largest absolute Gasteiger partial charge is 0.353 e. The predicted octanol–water partition coefficient (Wildman–Crippen LogP) is 3.66. The summed E-state index contributed by atoms with van der Waals surface area (Å²) < 4.78 is 0. The number of carbonyl (C=O) groups is 3. The monoisotopic (exact) mass is 470 g/mol. The van der Waals surface area contributed by atoms with Crippen LogP contribution in [0.5, 0.6) is 0 Å². The number of amides is 3. The summed E-state index contributed by atoms with van der Waals surface area (Å²) in [5, 5.41) is 6.04. The molecule has 3 atom stereocenters. The number of anilines is 1. The van der Waals surface area contributed by atoms with Crippen LogP contribution in [0.15, 0.2) is 54.6 Å². The van der Waals surface area contributed by atoms with E-state index in [1.165, 1.54) is 11.3 Å². The summed E-state index contributed by atoms with van der Waals surface area (Å²) in [5.41, 5.74) is 1.48. The van der Waals surface area contributed by atoms with Crippen molar-refractivity contribution >= 4 is 23.4 Å². The molecule has 180 valence electrons. The number of para-hydroxylation sites is 1. The maximum absolute atomic E-state index is 14.0. The van der Waals surface area contributed by atoms with Crippen LogP contribution in [0.3, 0.4) is 0 Å². The highest BCUT2D eigenvalue weighted by Crippen LogP contribution is 2.47. The molecule has 2 fully saturated rings. The van der Waals surface area contributed by atoms with E-state index in [2.05, 4.69) is 15.5 Å². The molecule has 2 heterocycles. The standard InChI is InChI=1S/C28H30N4O3/c1-29-24-17-28(22-14-8-9-15-23(22)31-27(28)35)18-32(24)26(34)21(16-19-10-4-2-5-11-19)25(33)30-20-12-6-3-7-13-20/h2,4-5,8-11,14-15,20-21,24H,3,6-7,12-13,16-18H2,(H,30,33)(H,31,35)/t21-,24+,28+/m1/s1. The van der Waals surface area contributed by atoms with Gasteiger partial charge in [-0.05, 0) is 36.5 Å². The Morgan fingerprint density at radius 1 is 1.09 bits per heavy atom. The first kappa shape index (κ1) is 23.1. The van der Waals surface area contributed by atoms with Crippen molar-refractivity contribution in [2.75, 3.05) is 11.9 Å². The molecule has 1 aliphatic carbocycles. The summed E-state index contributed by atoms with van der Waals surface area (Å²) in [5.74, 6) is -1.80. The second kappa shape index (κ2) is 9.53. The Hall–Kier alpha value is -3.66. The van der Waals surface area contributed by atoms with E-state index in [1.54, 1.807) is 0 Å². The van der Waals surface area contributed by atoms with Crippen molar-refractivity contribution in [3.05, 3.63) is 77.1 Å². The molecule has 7 nitrogen and oxygen atoms in total. The first-order valence-corrected chi connectivity index (χ1v) is 12.4. The highest BCUT2D eigenvalue weighted by molar-refractivity contribution is 6.08. The number of hydrogen-bond acceptors (Lipinski definition) is 3. The van der Waals surface area contributed by atoms with Crippen LogP contribution in [0.4, 0.5) is 5.69 Å². The number of nitrogens with zero attached hydrogens (tertiary/aromatic N) is 2. The van der Waals surface area contributed by atoms with E-state index in [-0.39, 0.29) is 43.1 Å². The van der Waals surface area contributed by atoms with E-state index < -0.39 is 17.5 Å². The van der Waals surface area contributed by atoms with Crippen LogP contribution < -0.4 is 10.6 Å². The number of rotatable bonds is 5. The number of hydrogen-bond donors (Lipinski definition) is 2. The van der Waals surface area contributed by atoms with E-state index in [0.29, 0.717) is 0 Å². The molecule has 1 spiro atoms. The number of likely N-dealkylation sites (tertiary alicyclic amines) is 1. The molecule has 35 heavy (non-hydrogen) atoms. The van der Waals surface area contributed by atoms with Gasteiger partial charge in [0.2, 0.25) is 17.7 Å². The fraction of sp³-hybridized carbons (Fsp3) is 0.429.